The fourth-order valence-corrected chi connectivity index (χ4v) is 8.73. The molecule has 2 N–H and O–H groups in total. The van der Waals surface area contributed by atoms with E-state index in [-0.39, 0.29) is 41.9 Å². The van der Waals surface area contributed by atoms with Gasteiger partial charge in [-0.05, 0) is 86.7 Å². The second-order valence-corrected chi connectivity index (χ2v) is 13.1. The summed E-state index contributed by atoms with van der Waals surface area (Å²) in [5.74, 6) is 0.0285. The van der Waals surface area contributed by atoms with Crippen molar-refractivity contribution in [2.24, 2.45) is 28.6 Å². The van der Waals surface area contributed by atoms with Crippen LogP contribution in [0.1, 0.15) is 96.6 Å². The van der Waals surface area contributed by atoms with E-state index < -0.39 is 29.4 Å². The van der Waals surface area contributed by atoms with Gasteiger partial charge < -0.3 is 15.2 Å². The summed E-state index contributed by atoms with van der Waals surface area (Å²) in [5.41, 5.74) is 0.220. The average Bonchev–Trinajstić information content (AvgIpc) is 3.22. The Hall–Kier alpha value is -2.80. The van der Waals surface area contributed by atoms with Gasteiger partial charge in [0.25, 0.3) is 0 Å². The molecule has 0 aliphatic heterocycles. The highest BCUT2D eigenvalue weighted by molar-refractivity contribution is 5.92. The van der Waals surface area contributed by atoms with Gasteiger partial charge in [-0.15, -0.1) is 0 Å². The molecule has 0 bridgehead atoms. The van der Waals surface area contributed by atoms with Crippen LogP contribution in [0.2, 0.25) is 0 Å². The Bertz CT molecular complexity index is 1210. The van der Waals surface area contributed by atoms with Gasteiger partial charge in [0.1, 0.15) is 5.60 Å². The topological polar surface area (TPSA) is 110 Å². The predicted molar refractivity (Wildman–Crippen MR) is 150 cm³/mol. The molecule has 216 valence electrons. The lowest BCUT2D eigenvalue weighted by atomic mass is 9.46. The third kappa shape index (κ3) is 4.95. The van der Waals surface area contributed by atoms with E-state index in [9.17, 15) is 24.3 Å². The molecule has 3 fully saturated rings. The van der Waals surface area contributed by atoms with Gasteiger partial charge in [0.15, 0.2) is 12.4 Å². The molecule has 7 nitrogen and oxygen atoms in total. The van der Waals surface area contributed by atoms with E-state index in [1.165, 1.54) is 5.57 Å². The molecule has 0 spiro atoms. The van der Waals surface area contributed by atoms with E-state index in [0.717, 1.165) is 44.1 Å². The molecule has 0 saturated heterocycles. The first-order chi connectivity index (χ1) is 19.0. The first-order valence-corrected chi connectivity index (χ1v) is 15.0. The molecular formula is C33H43NO6. The molecule has 4 aliphatic carbocycles. The molecule has 1 aromatic rings. The lowest BCUT2D eigenvalue weighted by Crippen LogP contribution is -2.58. The molecule has 5 rings (SSSR count). The Morgan fingerprint density at radius 2 is 1.73 bits per heavy atom. The third-order valence-electron chi connectivity index (χ3n) is 11.2. The van der Waals surface area contributed by atoms with Crippen LogP contribution in [-0.4, -0.2) is 40.8 Å². The molecule has 0 radical (unpaired) electrons. The molecule has 40 heavy (non-hydrogen) atoms. The minimum absolute atomic E-state index is 0.0296. The molecule has 0 aromatic heterocycles. The summed E-state index contributed by atoms with van der Waals surface area (Å²) in [6, 6.07) is 9.39. The SMILES string of the molecule is C[C@H](NC(=O)CCC(=O)OCC(=O)[C@@]1(O)CC[C@@H]2[C@@H]3CCC4=CC(=O)CC[C@]4(C)[C@H]3CC[C@@]21C)c1ccccc1. The van der Waals surface area contributed by atoms with Crippen molar-refractivity contribution in [3.05, 3.63) is 47.5 Å². The quantitative estimate of drug-likeness (QED) is 0.441. The molecule has 0 heterocycles. The number of hydrogen-bond acceptors (Lipinski definition) is 6. The van der Waals surface area contributed by atoms with E-state index in [2.05, 4.69) is 19.2 Å². The number of fused-ring (bicyclic) bond motifs is 5. The lowest BCUT2D eigenvalue weighted by molar-refractivity contribution is -0.170. The van der Waals surface area contributed by atoms with Crippen LogP contribution in [0.4, 0.5) is 0 Å². The number of benzene rings is 1. The number of esters is 1. The number of amides is 1. The van der Waals surface area contributed by atoms with Gasteiger partial charge in [-0.2, -0.15) is 0 Å². The van der Waals surface area contributed by atoms with Gasteiger partial charge in [0.2, 0.25) is 11.7 Å². The zero-order valence-electron chi connectivity index (χ0n) is 24.0. The Labute approximate surface area is 237 Å². The number of hydrogen-bond donors (Lipinski definition) is 2. The number of carbonyl (C=O) groups excluding carboxylic acids is 4. The van der Waals surface area contributed by atoms with E-state index in [4.69, 9.17) is 4.74 Å². The summed E-state index contributed by atoms with van der Waals surface area (Å²) >= 11 is 0. The number of aliphatic hydroxyl groups is 1. The van der Waals surface area contributed by atoms with Crippen molar-refractivity contribution < 1.29 is 29.0 Å². The summed E-state index contributed by atoms with van der Waals surface area (Å²) in [7, 11) is 0. The largest absolute Gasteiger partial charge is 0.458 e. The van der Waals surface area contributed by atoms with Crippen molar-refractivity contribution in [3.63, 3.8) is 0 Å². The van der Waals surface area contributed by atoms with Gasteiger partial charge in [-0.1, -0.05) is 49.8 Å². The van der Waals surface area contributed by atoms with Crippen molar-refractivity contribution in [2.75, 3.05) is 6.61 Å². The molecule has 0 unspecified atom stereocenters. The maximum absolute atomic E-state index is 13.4. The van der Waals surface area contributed by atoms with Crippen LogP contribution in [0.3, 0.4) is 0 Å². The maximum atomic E-state index is 13.4. The van der Waals surface area contributed by atoms with Crippen molar-refractivity contribution in [1.29, 1.82) is 0 Å². The number of Topliss-reactive ketones (excluding diaryl/α,β-unsaturated/α-hetero) is 1. The molecule has 7 atom stereocenters. The van der Waals surface area contributed by atoms with Gasteiger partial charge in [-0.3, -0.25) is 19.2 Å². The minimum atomic E-state index is -1.52. The van der Waals surface area contributed by atoms with Crippen LogP contribution in [0.15, 0.2) is 42.0 Å². The molecule has 1 amide bonds. The number of carbonyl (C=O) groups is 4. The first kappa shape index (κ1) is 28.7. The van der Waals surface area contributed by atoms with Crippen LogP contribution in [-0.2, 0) is 23.9 Å². The zero-order chi connectivity index (χ0) is 28.7. The number of ether oxygens (including phenoxy) is 1. The standard InChI is InChI=1S/C33H43NO6/c1-21(22-7-5-4-6-8-22)34-29(37)11-12-30(38)40-20-28(36)33(39)18-15-27-25-10-9-23-19-24(35)13-16-31(23,2)26(25)14-17-32(27,33)3/h4-8,19,21,25-27,39H,9-18,20H2,1-3H3,(H,34,37)/t21-,25+,26-,27+,31-,32-,33-/m0/s1. The van der Waals surface area contributed by atoms with Gasteiger partial charge in [-0.25, -0.2) is 0 Å². The van der Waals surface area contributed by atoms with Gasteiger partial charge in [0.05, 0.1) is 12.5 Å². The van der Waals surface area contributed by atoms with Gasteiger partial charge in [0, 0.05) is 18.3 Å². The monoisotopic (exact) mass is 549 g/mol. The van der Waals surface area contributed by atoms with Crippen molar-refractivity contribution in [2.45, 2.75) is 96.6 Å². The predicted octanol–water partition coefficient (Wildman–Crippen LogP) is 5.02. The highest BCUT2D eigenvalue weighted by atomic mass is 16.5. The number of nitrogens with one attached hydrogen (secondary N) is 1. The Morgan fingerprint density at radius 3 is 2.48 bits per heavy atom. The van der Waals surface area contributed by atoms with Crippen LogP contribution in [0.5, 0.6) is 0 Å². The zero-order valence-corrected chi connectivity index (χ0v) is 24.0. The van der Waals surface area contributed by atoms with E-state index in [0.29, 0.717) is 24.7 Å². The van der Waals surface area contributed by atoms with Crippen LogP contribution < -0.4 is 5.32 Å². The smallest absolute Gasteiger partial charge is 0.306 e. The summed E-state index contributed by atoms with van der Waals surface area (Å²) < 4.78 is 5.28. The summed E-state index contributed by atoms with van der Waals surface area (Å²) in [5, 5.41) is 14.7. The molecule has 7 heteroatoms. The Morgan fingerprint density at radius 1 is 1.00 bits per heavy atom. The minimum Gasteiger partial charge on any atom is -0.458 e. The number of allylic oxidation sites excluding steroid dienone is 1. The molecule has 4 aliphatic rings. The lowest BCUT2D eigenvalue weighted by Gasteiger charge is -2.58. The van der Waals surface area contributed by atoms with Gasteiger partial charge >= 0.3 is 5.97 Å². The summed E-state index contributed by atoms with van der Waals surface area (Å²) in [6.45, 7) is 5.78. The van der Waals surface area contributed by atoms with Crippen molar-refractivity contribution in [1.82, 2.24) is 5.32 Å². The maximum Gasteiger partial charge on any atom is 0.306 e. The fourth-order valence-electron chi connectivity index (χ4n) is 8.73. The molecule has 3 saturated carbocycles. The fraction of sp³-hybridized carbons (Fsp3) is 0.636. The van der Waals surface area contributed by atoms with Crippen LogP contribution in [0, 0.1) is 28.6 Å². The Kier molecular flexibility index (Phi) is 7.81. The summed E-state index contributed by atoms with van der Waals surface area (Å²) in [6.07, 6.45) is 7.96. The van der Waals surface area contributed by atoms with Crippen molar-refractivity contribution in [3.8, 4) is 0 Å². The summed E-state index contributed by atoms with van der Waals surface area (Å²) in [4.78, 5) is 50.2. The second-order valence-electron chi connectivity index (χ2n) is 13.1. The highest BCUT2D eigenvalue weighted by Gasteiger charge is 2.66. The molecular weight excluding hydrogens is 506 g/mol. The Balaban J connectivity index is 1.15. The average molecular weight is 550 g/mol. The molecule has 1 aromatic carbocycles. The number of rotatable bonds is 8. The van der Waals surface area contributed by atoms with E-state index in [1.54, 1.807) is 0 Å². The number of ketones is 2. The van der Waals surface area contributed by atoms with E-state index in [1.807, 2.05) is 43.3 Å². The highest BCUT2D eigenvalue weighted by Crippen LogP contribution is 2.67. The van der Waals surface area contributed by atoms with Crippen molar-refractivity contribution >= 4 is 23.4 Å². The van der Waals surface area contributed by atoms with Crippen LogP contribution in [0.25, 0.3) is 0 Å². The van der Waals surface area contributed by atoms with E-state index >= 15 is 0 Å². The normalized spacial score (nSPS) is 35.5. The first-order valence-electron chi connectivity index (χ1n) is 15.0. The van der Waals surface area contributed by atoms with Crippen LogP contribution >= 0.6 is 0 Å². The third-order valence-corrected chi connectivity index (χ3v) is 11.2. The second kappa shape index (κ2) is 10.9.